The number of rotatable bonds is 15. The van der Waals surface area contributed by atoms with Gasteiger partial charge in [0.05, 0.1) is 18.5 Å². The summed E-state index contributed by atoms with van der Waals surface area (Å²) in [7, 11) is 0. The van der Waals surface area contributed by atoms with Gasteiger partial charge in [-0.15, -0.1) is 0 Å². The minimum atomic E-state index is -3.29. The second kappa shape index (κ2) is 19.6. The fourth-order valence-corrected chi connectivity index (χ4v) is 7.83. The van der Waals surface area contributed by atoms with Gasteiger partial charge in [-0.1, -0.05) is 146 Å². The lowest BCUT2D eigenvalue weighted by atomic mass is 9.87. The van der Waals surface area contributed by atoms with Crippen LogP contribution in [0.5, 0.6) is 0 Å². The number of hydrogen-bond donors (Lipinski definition) is 0. The predicted molar refractivity (Wildman–Crippen MR) is 276 cm³/mol. The van der Waals surface area contributed by atoms with E-state index in [0.29, 0.717) is 33.5 Å². The van der Waals surface area contributed by atoms with Crippen molar-refractivity contribution < 1.29 is 32.1 Å². The smallest absolute Gasteiger partial charge is 0.144 e. The Hall–Kier alpha value is -6.72. The molecule has 0 unspecified atom stereocenters. The first-order valence-corrected chi connectivity index (χ1v) is 22.1. The minimum absolute atomic E-state index is 0.0494. The number of para-hydroxylation sites is 1. The molecule has 67 heavy (non-hydrogen) atoms. The van der Waals surface area contributed by atoms with E-state index in [1.165, 1.54) is 58.0 Å². The zero-order valence-corrected chi connectivity index (χ0v) is 38.5. The number of nitrogens with zero attached hydrogens (tertiary/aromatic N) is 3. The topological polar surface area (TPSA) is 51.8 Å². The van der Waals surface area contributed by atoms with Crippen LogP contribution in [0, 0.1) is 11.2 Å². The van der Waals surface area contributed by atoms with Crippen molar-refractivity contribution in [2.45, 2.75) is 105 Å². The maximum atomic E-state index is 15.9. The van der Waals surface area contributed by atoms with E-state index >= 15 is 4.39 Å². The minimum Gasteiger partial charge on any atom is -0.455 e. The molecule has 5 heteroatoms. The molecule has 5 aromatic carbocycles. The van der Waals surface area contributed by atoms with Crippen molar-refractivity contribution in [3.63, 3.8) is 0 Å². The third-order valence-electron chi connectivity index (χ3n) is 11.1. The molecule has 338 valence electrons. The van der Waals surface area contributed by atoms with Gasteiger partial charge in [0.1, 0.15) is 17.0 Å². The van der Waals surface area contributed by atoms with E-state index < -0.39 is 95.9 Å². The fraction of sp³-hybridized carbons (Fsp3) is 0.274. The van der Waals surface area contributed by atoms with Gasteiger partial charge in [0.15, 0.2) is 0 Å². The van der Waals surface area contributed by atoms with Gasteiger partial charge < -0.3 is 4.42 Å². The number of furan rings is 1. The highest BCUT2D eigenvalue weighted by Crippen LogP contribution is 2.39. The van der Waals surface area contributed by atoms with Crippen molar-refractivity contribution in [1.82, 2.24) is 15.0 Å². The standard InChI is InChI=1S/C62H62FN3O/c1-40(2)53-34-58(46-15-10-8-11-16-46)65-38-48(53)26-23-44-31-43(32-45(33-44)24-27-49-39-66-59(35-54(49)41(3)4)47-17-12-9-13-18-47)22-21-42-25-30-57(64-37-42)52-20-14-19-50-51-28-29-56(63)55(36-62(5,6)7)61(51)67-60(50)52/h8-20,25,28-35,37-41H,21-24,26-27,36H2,1-7H3/i21D2,22D2,23D2,24D2,26D2,27D2,29D,36D2,40D,41D. The van der Waals surface area contributed by atoms with Gasteiger partial charge in [-0.05, 0) is 143 Å². The van der Waals surface area contributed by atoms with Gasteiger partial charge in [0, 0.05) is 73.5 Å². The normalized spacial score (nSPS) is 17.5. The lowest BCUT2D eigenvalue weighted by Gasteiger charge is -2.18. The van der Waals surface area contributed by atoms with Gasteiger partial charge in [0.25, 0.3) is 0 Å². The van der Waals surface area contributed by atoms with Crippen molar-refractivity contribution in [3.8, 4) is 33.8 Å². The molecule has 0 saturated heterocycles. The third-order valence-corrected chi connectivity index (χ3v) is 11.1. The van der Waals surface area contributed by atoms with Crippen LogP contribution in [0.15, 0.2) is 156 Å². The largest absolute Gasteiger partial charge is 0.455 e. The average Bonchev–Trinajstić information content (AvgIpc) is 2.82. The highest BCUT2D eigenvalue weighted by Gasteiger charge is 2.22. The average molecular weight is 901 g/mol. The molecular weight excluding hydrogens is 822 g/mol. The number of fused-ring (bicyclic) bond motifs is 3. The van der Waals surface area contributed by atoms with E-state index in [2.05, 4.69) is 15.0 Å². The Morgan fingerprint density at radius 1 is 0.552 bits per heavy atom. The van der Waals surface area contributed by atoms with Crippen LogP contribution in [0.2, 0.25) is 0 Å². The summed E-state index contributed by atoms with van der Waals surface area (Å²) in [4.78, 5) is 13.5. The Bertz CT molecular complexity index is 3840. The molecule has 0 fully saturated rings. The Labute approximate surface area is 420 Å². The lowest BCUT2D eigenvalue weighted by Crippen LogP contribution is -2.10. The highest BCUT2D eigenvalue weighted by atomic mass is 19.1. The molecule has 0 radical (unpaired) electrons. The van der Waals surface area contributed by atoms with E-state index in [0.717, 1.165) is 36.8 Å². The van der Waals surface area contributed by atoms with Crippen molar-refractivity contribution >= 4 is 21.9 Å². The quantitative estimate of drug-likeness (QED) is 0.103. The van der Waals surface area contributed by atoms with Crippen LogP contribution in [0.3, 0.4) is 0 Å². The molecule has 9 rings (SSSR count). The van der Waals surface area contributed by atoms with E-state index in [9.17, 15) is 16.4 Å². The number of pyridine rings is 3. The van der Waals surface area contributed by atoms with Crippen molar-refractivity contribution in [1.29, 1.82) is 0 Å². The molecule has 0 aliphatic rings. The molecule has 0 spiro atoms. The first kappa shape index (κ1) is 29.1. The molecule has 0 saturated carbocycles. The van der Waals surface area contributed by atoms with E-state index in [1.807, 2.05) is 0 Å². The summed E-state index contributed by atoms with van der Waals surface area (Å²) in [5, 5.41) is 0.680. The number of aromatic nitrogens is 3. The summed E-state index contributed by atoms with van der Waals surface area (Å²) in [6.07, 6.45) is -18.3. The summed E-state index contributed by atoms with van der Waals surface area (Å²) < 4.78 is 183. The molecule has 4 heterocycles. The van der Waals surface area contributed by atoms with Crippen LogP contribution in [-0.2, 0) is 44.6 Å². The van der Waals surface area contributed by atoms with Gasteiger partial charge in [-0.3, -0.25) is 15.0 Å². The van der Waals surface area contributed by atoms with Crippen LogP contribution in [0.4, 0.5) is 4.39 Å². The Kier molecular flexibility index (Phi) is 8.53. The van der Waals surface area contributed by atoms with Crippen molar-refractivity contribution in [3.05, 3.63) is 208 Å². The second-order valence-electron chi connectivity index (χ2n) is 17.8. The molecule has 9 aromatic rings. The Balaban J connectivity index is 1.20. The molecule has 4 nitrogen and oxygen atoms in total. The molecule has 0 aliphatic carbocycles. The zero-order valence-electron chi connectivity index (χ0n) is 55.5. The summed E-state index contributed by atoms with van der Waals surface area (Å²) in [5.41, 5.74) is -2.12. The van der Waals surface area contributed by atoms with Crippen LogP contribution in [-0.4, -0.2) is 15.0 Å². The number of aryl methyl sites for hydroxylation is 6. The van der Waals surface area contributed by atoms with E-state index in [4.69, 9.17) is 11.3 Å². The number of hydrogen-bond acceptors (Lipinski definition) is 4. The van der Waals surface area contributed by atoms with Crippen LogP contribution in [0.25, 0.3) is 55.7 Å². The molecular formula is C62H62FN3O. The molecule has 0 N–H and O–H groups in total. The molecule has 0 bridgehead atoms. The molecule has 4 aromatic heterocycles. The van der Waals surface area contributed by atoms with Gasteiger partial charge >= 0.3 is 0 Å². The van der Waals surface area contributed by atoms with Crippen LogP contribution in [0.1, 0.15) is 134 Å². The highest BCUT2D eigenvalue weighted by molar-refractivity contribution is 6.10. The van der Waals surface area contributed by atoms with Crippen LogP contribution >= 0.6 is 0 Å². The lowest BCUT2D eigenvalue weighted by molar-refractivity contribution is 0.401. The summed E-state index contributed by atoms with van der Waals surface area (Å²) >= 11 is 0. The number of halogens is 1. The monoisotopic (exact) mass is 901 g/mol. The van der Waals surface area contributed by atoms with Crippen molar-refractivity contribution in [2.75, 3.05) is 0 Å². The maximum absolute atomic E-state index is 15.9. The van der Waals surface area contributed by atoms with Crippen LogP contribution < -0.4 is 0 Å². The molecule has 0 amide bonds. The second-order valence-corrected chi connectivity index (χ2v) is 17.8. The molecule has 0 atom stereocenters. The fourth-order valence-electron chi connectivity index (χ4n) is 7.83. The first-order valence-electron chi connectivity index (χ1n) is 30.6. The van der Waals surface area contributed by atoms with Crippen molar-refractivity contribution in [2.24, 2.45) is 5.41 Å². The summed E-state index contributed by atoms with van der Waals surface area (Å²) in [6.45, 7) is 10.8. The zero-order chi connectivity index (χ0) is 61.9. The van der Waals surface area contributed by atoms with Gasteiger partial charge in [0.2, 0.25) is 0 Å². The summed E-state index contributed by atoms with van der Waals surface area (Å²) in [6, 6.07) is 31.7. The first-order chi connectivity index (χ1) is 38.7. The Morgan fingerprint density at radius 3 is 1.57 bits per heavy atom. The SMILES string of the molecule is [2H]c1cc2c(oc3c(-c4ccc(C([2H])([2H])C([2H])([2H])c5cc(C([2H])([2H])C([2H])([2H])c6cnc(-c7ccccc7)cc6C([2H])(C)C)cc(C([2H])([2H])C([2H])([2H])c6cnc(-c7ccccc7)cc6C([2H])(C)C)c5)cn4)cccc32)c(C([2H])([2H])C(C)(C)C)c1F. The summed E-state index contributed by atoms with van der Waals surface area (Å²) in [5.74, 6) is -4.20. The maximum Gasteiger partial charge on any atom is 0.144 e. The number of benzene rings is 5. The van der Waals surface area contributed by atoms with Gasteiger partial charge in [-0.25, -0.2) is 4.39 Å². The molecule has 0 aliphatic heterocycles. The van der Waals surface area contributed by atoms with Gasteiger partial charge in [-0.2, -0.15) is 0 Å². The third kappa shape index (κ3) is 10.5. The van der Waals surface area contributed by atoms with E-state index in [-0.39, 0.29) is 50.1 Å². The Morgan fingerprint density at radius 2 is 1.06 bits per heavy atom. The van der Waals surface area contributed by atoms with E-state index in [1.54, 1.807) is 99.6 Å². The predicted octanol–water partition coefficient (Wildman–Crippen LogP) is 16.1.